The van der Waals surface area contributed by atoms with Gasteiger partial charge in [0, 0.05) is 25.7 Å². The van der Waals surface area contributed by atoms with Gasteiger partial charge in [0.2, 0.25) is 0 Å². The molecule has 2 heterocycles. The van der Waals surface area contributed by atoms with Crippen LogP contribution in [0.4, 0.5) is 10.5 Å². The fourth-order valence-electron chi connectivity index (χ4n) is 1.90. The number of pyridine rings is 1. The molecule has 2 rings (SSSR count). The average molecular weight is 252 g/mol. The molecule has 1 fully saturated rings. The van der Waals surface area contributed by atoms with Gasteiger partial charge in [-0.3, -0.25) is 20.0 Å². The molecule has 1 unspecified atom stereocenters. The van der Waals surface area contributed by atoms with E-state index in [0.29, 0.717) is 25.3 Å². The number of carboxylic acid groups (broad SMARTS) is 1. The van der Waals surface area contributed by atoms with Crippen molar-refractivity contribution < 1.29 is 14.8 Å². The summed E-state index contributed by atoms with van der Waals surface area (Å²) in [6, 6.07) is 2.42. The molecule has 0 aromatic carbocycles. The first kappa shape index (κ1) is 12.2. The van der Waals surface area contributed by atoms with E-state index in [0.717, 1.165) is 6.20 Å². The standard InChI is InChI=1S/C10H12N4O4/c15-10(16)13-4-3-11-6-9(13)8-2-1-7(5-12-8)14(17)18/h1-2,5,9,11H,3-4,6H2,(H,15,16). The predicted octanol–water partition coefficient (Wildman–Crippen LogP) is 0.614. The SMILES string of the molecule is O=C(O)N1CCNCC1c1ccc([N+](=O)[O-])cn1. The Hall–Kier alpha value is -2.22. The molecule has 1 aliphatic heterocycles. The van der Waals surface area contributed by atoms with Gasteiger partial charge in [-0.25, -0.2) is 4.79 Å². The van der Waals surface area contributed by atoms with Crippen LogP contribution in [0, 0.1) is 10.1 Å². The first-order chi connectivity index (χ1) is 8.59. The van der Waals surface area contributed by atoms with Gasteiger partial charge >= 0.3 is 6.09 Å². The van der Waals surface area contributed by atoms with Gasteiger partial charge in [0.05, 0.1) is 16.7 Å². The van der Waals surface area contributed by atoms with Crippen LogP contribution in [-0.2, 0) is 0 Å². The summed E-state index contributed by atoms with van der Waals surface area (Å²) >= 11 is 0. The molecule has 0 aliphatic carbocycles. The van der Waals surface area contributed by atoms with Gasteiger partial charge in [-0.15, -0.1) is 0 Å². The number of hydrogen-bond donors (Lipinski definition) is 2. The van der Waals surface area contributed by atoms with E-state index in [2.05, 4.69) is 10.3 Å². The van der Waals surface area contributed by atoms with Crippen LogP contribution < -0.4 is 5.32 Å². The number of nitro groups is 1. The molecule has 0 bridgehead atoms. The molecule has 1 aromatic rings. The van der Waals surface area contributed by atoms with Crippen LogP contribution in [0.2, 0.25) is 0 Å². The Morgan fingerprint density at radius 2 is 2.39 bits per heavy atom. The highest BCUT2D eigenvalue weighted by Crippen LogP contribution is 2.21. The minimum absolute atomic E-state index is 0.107. The van der Waals surface area contributed by atoms with Crippen molar-refractivity contribution in [3.8, 4) is 0 Å². The highest BCUT2D eigenvalue weighted by molar-refractivity contribution is 5.66. The number of piperazine rings is 1. The van der Waals surface area contributed by atoms with Gasteiger partial charge in [0.25, 0.3) is 5.69 Å². The van der Waals surface area contributed by atoms with Crippen molar-refractivity contribution in [2.75, 3.05) is 19.6 Å². The van der Waals surface area contributed by atoms with Crippen molar-refractivity contribution in [2.24, 2.45) is 0 Å². The summed E-state index contributed by atoms with van der Waals surface area (Å²) in [5.41, 5.74) is 0.402. The Bertz CT molecular complexity index is 461. The highest BCUT2D eigenvalue weighted by atomic mass is 16.6. The summed E-state index contributed by atoms with van der Waals surface area (Å²) in [6.07, 6.45) is 0.130. The van der Waals surface area contributed by atoms with Crippen molar-refractivity contribution in [1.82, 2.24) is 15.2 Å². The molecular weight excluding hydrogens is 240 g/mol. The maximum absolute atomic E-state index is 11.1. The minimum atomic E-state index is -1.01. The lowest BCUT2D eigenvalue weighted by Crippen LogP contribution is -2.48. The predicted molar refractivity (Wildman–Crippen MR) is 61.2 cm³/mol. The molecule has 0 radical (unpaired) electrons. The lowest BCUT2D eigenvalue weighted by Gasteiger charge is -2.33. The summed E-state index contributed by atoms with van der Waals surface area (Å²) in [7, 11) is 0. The topological polar surface area (TPSA) is 109 Å². The first-order valence-corrected chi connectivity index (χ1v) is 5.40. The molecular formula is C10H12N4O4. The van der Waals surface area contributed by atoms with Gasteiger partial charge in [-0.2, -0.15) is 0 Å². The van der Waals surface area contributed by atoms with Crippen LogP contribution in [0.3, 0.4) is 0 Å². The third kappa shape index (κ3) is 2.38. The fourth-order valence-corrected chi connectivity index (χ4v) is 1.90. The molecule has 1 aliphatic rings. The molecule has 1 atom stereocenters. The maximum atomic E-state index is 11.1. The molecule has 8 heteroatoms. The molecule has 2 N–H and O–H groups in total. The molecule has 96 valence electrons. The van der Waals surface area contributed by atoms with Crippen LogP contribution in [0.25, 0.3) is 0 Å². The molecule has 0 saturated carbocycles. The largest absolute Gasteiger partial charge is 0.465 e. The Labute approximate surface area is 102 Å². The molecule has 8 nitrogen and oxygen atoms in total. The zero-order valence-electron chi connectivity index (χ0n) is 9.44. The Kier molecular flexibility index (Phi) is 3.38. The highest BCUT2D eigenvalue weighted by Gasteiger charge is 2.28. The molecule has 1 aromatic heterocycles. The van der Waals surface area contributed by atoms with E-state index in [9.17, 15) is 14.9 Å². The van der Waals surface area contributed by atoms with E-state index in [4.69, 9.17) is 5.11 Å². The van der Waals surface area contributed by atoms with Crippen molar-refractivity contribution in [2.45, 2.75) is 6.04 Å². The van der Waals surface area contributed by atoms with Gasteiger partial charge in [-0.1, -0.05) is 0 Å². The van der Waals surface area contributed by atoms with E-state index >= 15 is 0 Å². The van der Waals surface area contributed by atoms with E-state index in [1.54, 1.807) is 0 Å². The number of aromatic nitrogens is 1. The van der Waals surface area contributed by atoms with Crippen LogP contribution in [0.15, 0.2) is 18.3 Å². The monoisotopic (exact) mass is 252 g/mol. The van der Waals surface area contributed by atoms with Crippen molar-refractivity contribution in [1.29, 1.82) is 0 Å². The number of amides is 1. The summed E-state index contributed by atoms with van der Waals surface area (Å²) in [5, 5.41) is 22.7. The maximum Gasteiger partial charge on any atom is 0.407 e. The second kappa shape index (κ2) is 4.96. The van der Waals surface area contributed by atoms with Crippen molar-refractivity contribution >= 4 is 11.8 Å². The lowest BCUT2D eigenvalue weighted by molar-refractivity contribution is -0.385. The normalized spacial score (nSPS) is 19.6. The van der Waals surface area contributed by atoms with Crippen LogP contribution in [0.1, 0.15) is 11.7 Å². The second-order valence-electron chi connectivity index (χ2n) is 3.89. The zero-order valence-corrected chi connectivity index (χ0v) is 9.44. The van der Waals surface area contributed by atoms with E-state index in [-0.39, 0.29) is 5.69 Å². The van der Waals surface area contributed by atoms with Crippen molar-refractivity contribution in [3.63, 3.8) is 0 Å². The van der Waals surface area contributed by atoms with Gasteiger partial charge < -0.3 is 10.4 Å². The van der Waals surface area contributed by atoms with Crippen molar-refractivity contribution in [3.05, 3.63) is 34.1 Å². The molecule has 18 heavy (non-hydrogen) atoms. The zero-order chi connectivity index (χ0) is 13.1. The van der Waals surface area contributed by atoms with Crippen LogP contribution in [-0.4, -0.2) is 45.6 Å². The lowest BCUT2D eigenvalue weighted by atomic mass is 10.1. The van der Waals surface area contributed by atoms with Gasteiger partial charge in [-0.05, 0) is 6.07 Å². The molecule has 1 saturated heterocycles. The summed E-state index contributed by atoms with van der Waals surface area (Å²) in [6.45, 7) is 1.42. The second-order valence-corrected chi connectivity index (χ2v) is 3.89. The number of carbonyl (C=O) groups is 1. The van der Waals surface area contributed by atoms with Crippen LogP contribution >= 0.6 is 0 Å². The van der Waals surface area contributed by atoms with E-state index in [1.165, 1.54) is 17.0 Å². The Balaban J connectivity index is 2.23. The number of nitrogens with zero attached hydrogens (tertiary/aromatic N) is 3. The van der Waals surface area contributed by atoms with Gasteiger partial charge in [0.15, 0.2) is 0 Å². The summed E-state index contributed by atoms with van der Waals surface area (Å²) in [4.78, 5) is 26.3. The van der Waals surface area contributed by atoms with Gasteiger partial charge in [0.1, 0.15) is 6.20 Å². The van der Waals surface area contributed by atoms with E-state index in [1.807, 2.05) is 0 Å². The quantitative estimate of drug-likeness (QED) is 0.589. The summed E-state index contributed by atoms with van der Waals surface area (Å²) < 4.78 is 0. The Morgan fingerprint density at radius 3 is 2.94 bits per heavy atom. The van der Waals surface area contributed by atoms with E-state index < -0.39 is 17.1 Å². The molecule has 1 amide bonds. The fraction of sp³-hybridized carbons (Fsp3) is 0.400. The third-order valence-corrected chi connectivity index (χ3v) is 2.81. The average Bonchev–Trinajstić information content (AvgIpc) is 2.39. The van der Waals surface area contributed by atoms with Crippen LogP contribution in [0.5, 0.6) is 0 Å². The molecule has 0 spiro atoms. The third-order valence-electron chi connectivity index (χ3n) is 2.81. The first-order valence-electron chi connectivity index (χ1n) is 5.40. The number of hydrogen-bond acceptors (Lipinski definition) is 5. The number of nitrogens with one attached hydrogen (secondary N) is 1. The smallest absolute Gasteiger partial charge is 0.407 e. The summed E-state index contributed by atoms with van der Waals surface area (Å²) in [5.74, 6) is 0. The number of rotatable bonds is 2. The minimum Gasteiger partial charge on any atom is -0.465 e. The Morgan fingerprint density at radius 1 is 1.61 bits per heavy atom.